The molecule has 1 aliphatic heterocycles. The summed E-state index contributed by atoms with van der Waals surface area (Å²) < 4.78 is 34.1. The Morgan fingerprint density at radius 2 is 1.81 bits per heavy atom. The molecule has 0 atom stereocenters. The van der Waals surface area contributed by atoms with Gasteiger partial charge in [-0.05, 0) is 36.4 Å². The number of thioether (sulfide) groups is 1. The van der Waals surface area contributed by atoms with Crippen molar-refractivity contribution in [2.24, 2.45) is 0 Å². The van der Waals surface area contributed by atoms with Gasteiger partial charge in [0.1, 0.15) is 4.32 Å². The van der Waals surface area contributed by atoms with Crippen LogP contribution in [0.4, 0.5) is 0 Å². The van der Waals surface area contributed by atoms with Crippen LogP contribution in [0.2, 0.25) is 0 Å². The molecule has 3 aromatic rings. The molecule has 2 heterocycles. The second kappa shape index (κ2) is 9.28. The summed E-state index contributed by atoms with van der Waals surface area (Å²) in [6, 6.07) is 19.1. The summed E-state index contributed by atoms with van der Waals surface area (Å²) >= 11 is 9.76. The van der Waals surface area contributed by atoms with Gasteiger partial charge in [-0.15, -0.1) is 0 Å². The van der Waals surface area contributed by atoms with Crippen molar-refractivity contribution >= 4 is 66.3 Å². The Hall–Kier alpha value is -2.31. The largest absolute Gasteiger partial charge is 0.292 e. The zero-order valence-corrected chi connectivity index (χ0v) is 20.4. The smallest absolute Gasteiger partial charge is 0.266 e. The number of hydrogen-bond acceptors (Lipinski definition) is 6. The van der Waals surface area contributed by atoms with Crippen LogP contribution in [-0.2, 0) is 14.9 Å². The summed E-state index contributed by atoms with van der Waals surface area (Å²) in [5.74, 6) is -0.989. The third-order valence-electron chi connectivity index (χ3n) is 4.60. The molecule has 1 saturated heterocycles. The van der Waals surface area contributed by atoms with Crippen molar-refractivity contribution in [3.05, 3.63) is 75.7 Å². The fourth-order valence-electron chi connectivity index (χ4n) is 3.07. The Morgan fingerprint density at radius 1 is 1.12 bits per heavy atom. The Bertz CT molecular complexity index is 1320. The molecule has 0 radical (unpaired) electrons. The maximum absolute atomic E-state index is 12.8. The van der Waals surface area contributed by atoms with Crippen LogP contribution in [0.1, 0.15) is 5.69 Å². The highest BCUT2D eigenvalue weighted by Crippen LogP contribution is 2.33. The SMILES string of the molecule is O=C1/C(=C\c2cc(-c3ccc(Br)cc3)nn2-c2ccccc2)SC(=S)N1CCS(=O)(=O)O. The first kappa shape index (κ1) is 22.9. The summed E-state index contributed by atoms with van der Waals surface area (Å²) in [6.45, 7) is -0.205. The summed E-state index contributed by atoms with van der Waals surface area (Å²) in [5.41, 5.74) is 3.14. The third kappa shape index (κ3) is 5.18. The van der Waals surface area contributed by atoms with Crippen molar-refractivity contribution < 1.29 is 17.8 Å². The van der Waals surface area contributed by atoms with Crippen molar-refractivity contribution in [1.29, 1.82) is 0 Å². The zero-order valence-electron chi connectivity index (χ0n) is 16.4. The number of rotatable bonds is 6. The first-order valence-corrected chi connectivity index (χ1v) is 13.0. The molecule has 11 heteroatoms. The average Bonchev–Trinajstić information content (AvgIpc) is 3.28. The third-order valence-corrected chi connectivity index (χ3v) is 7.21. The zero-order chi connectivity index (χ0) is 22.9. The van der Waals surface area contributed by atoms with Gasteiger partial charge in [-0.3, -0.25) is 14.2 Å². The molecule has 0 bridgehead atoms. The quantitative estimate of drug-likeness (QED) is 0.277. The van der Waals surface area contributed by atoms with Gasteiger partial charge in [0, 0.05) is 16.6 Å². The van der Waals surface area contributed by atoms with E-state index in [1.165, 1.54) is 4.90 Å². The number of aromatic nitrogens is 2. The highest BCUT2D eigenvalue weighted by Gasteiger charge is 2.33. The van der Waals surface area contributed by atoms with Crippen LogP contribution >= 0.6 is 39.9 Å². The molecule has 2 aromatic carbocycles. The molecule has 0 spiro atoms. The van der Waals surface area contributed by atoms with Gasteiger partial charge in [0.2, 0.25) is 0 Å². The average molecular weight is 550 g/mol. The minimum atomic E-state index is -4.21. The molecular formula is C21H16BrN3O4S3. The van der Waals surface area contributed by atoms with Gasteiger partial charge in [-0.1, -0.05) is 70.2 Å². The highest BCUT2D eigenvalue weighted by molar-refractivity contribution is 9.10. The molecule has 0 aliphatic carbocycles. The molecule has 1 amide bonds. The first-order chi connectivity index (χ1) is 15.2. The second-order valence-corrected chi connectivity index (χ2v) is 11.0. The van der Waals surface area contributed by atoms with Crippen LogP contribution in [0.3, 0.4) is 0 Å². The van der Waals surface area contributed by atoms with E-state index in [0.29, 0.717) is 10.6 Å². The number of carbonyl (C=O) groups is 1. The number of carbonyl (C=O) groups excluding carboxylic acids is 1. The first-order valence-electron chi connectivity index (χ1n) is 9.33. The summed E-state index contributed by atoms with van der Waals surface area (Å²) in [7, 11) is -4.21. The van der Waals surface area contributed by atoms with Gasteiger partial charge in [0.25, 0.3) is 16.0 Å². The number of amides is 1. The lowest BCUT2D eigenvalue weighted by atomic mass is 10.1. The summed E-state index contributed by atoms with van der Waals surface area (Å²) in [4.78, 5) is 14.4. The van der Waals surface area contributed by atoms with Crippen LogP contribution in [0.15, 0.2) is 70.0 Å². The van der Waals surface area contributed by atoms with E-state index in [1.54, 1.807) is 10.8 Å². The topological polar surface area (TPSA) is 92.5 Å². The Morgan fingerprint density at radius 3 is 2.47 bits per heavy atom. The minimum Gasteiger partial charge on any atom is -0.292 e. The Labute approximate surface area is 203 Å². The summed E-state index contributed by atoms with van der Waals surface area (Å²) in [5, 5.41) is 4.73. The van der Waals surface area contributed by atoms with Crippen molar-refractivity contribution in [3.63, 3.8) is 0 Å². The molecule has 0 unspecified atom stereocenters. The van der Waals surface area contributed by atoms with E-state index in [0.717, 1.165) is 33.2 Å². The van der Waals surface area contributed by atoms with Gasteiger partial charge < -0.3 is 0 Å². The van der Waals surface area contributed by atoms with Crippen LogP contribution in [-0.4, -0.2) is 50.2 Å². The maximum Gasteiger partial charge on any atom is 0.266 e. The van der Waals surface area contributed by atoms with E-state index in [9.17, 15) is 13.2 Å². The molecular weight excluding hydrogens is 534 g/mol. The molecule has 1 N–H and O–H groups in total. The van der Waals surface area contributed by atoms with Crippen molar-refractivity contribution in [1.82, 2.24) is 14.7 Å². The van der Waals surface area contributed by atoms with E-state index in [1.807, 2.05) is 60.7 Å². The molecule has 7 nitrogen and oxygen atoms in total. The standard InChI is InChI=1S/C21H16BrN3O4S3/c22-15-8-6-14(7-9-15)18-12-17(25(23-18)16-4-2-1-3-5-16)13-19-20(26)24(21(30)31-19)10-11-32(27,28)29/h1-9,12-13H,10-11H2,(H,27,28,29)/b19-13+. The van der Waals surface area contributed by atoms with Gasteiger partial charge in [0.05, 0.1) is 27.7 Å². The molecule has 1 aliphatic rings. The second-order valence-electron chi connectivity index (χ2n) is 6.83. The predicted octanol–water partition coefficient (Wildman–Crippen LogP) is 4.39. The van der Waals surface area contributed by atoms with Crippen LogP contribution in [0, 0.1) is 0 Å². The fraction of sp³-hybridized carbons (Fsp3) is 0.0952. The van der Waals surface area contributed by atoms with Crippen LogP contribution in [0.5, 0.6) is 0 Å². The number of para-hydroxylation sites is 1. The van der Waals surface area contributed by atoms with Crippen molar-refractivity contribution in [2.45, 2.75) is 0 Å². The fourth-order valence-corrected chi connectivity index (χ4v) is 5.04. The van der Waals surface area contributed by atoms with E-state index >= 15 is 0 Å². The maximum atomic E-state index is 12.8. The number of nitrogens with zero attached hydrogens (tertiary/aromatic N) is 3. The van der Waals surface area contributed by atoms with Crippen molar-refractivity contribution in [3.8, 4) is 16.9 Å². The number of halogens is 1. The van der Waals surface area contributed by atoms with Crippen LogP contribution < -0.4 is 0 Å². The monoisotopic (exact) mass is 549 g/mol. The van der Waals surface area contributed by atoms with Gasteiger partial charge in [0.15, 0.2) is 0 Å². The molecule has 1 aromatic heterocycles. The number of benzene rings is 2. The lowest BCUT2D eigenvalue weighted by molar-refractivity contribution is -0.121. The van der Waals surface area contributed by atoms with E-state index in [2.05, 4.69) is 15.9 Å². The lowest BCUT2D eigenvalue weighted by Gasteiger charge is -2.12. The molecule has 4 rings (SSSR count). The van der Waals surface area contributed by atoms with Gasteiger partial charge >= 0.3 is 0 Å². The normalized spacial score (nSPS) is 15.7. The lowest BCUT2D eigenvalue weighted by Crippen LogP contribution is -2.32. The van der Waals surface area contributed by atoms with Crippen LogP contribution in [0.25, 0.3) is 23.0 Å². The Kier molecular flexibility index (Phi) is 6.63. The number of hydrogen-bond donors (Lipinski definition) is 1. The van der Waals surface area contributed by atoms with E-state index in [4.69, 9.17) is 21.9 Å². The minimum absolute atomic E-state index is 0.205. The predicted molar refractivity (Wildman–Crippen MR) is 133 cm³/mol. The van der Waals surface area contributed by atoms with Gasteiger partial charge in [-0.2, -0.15) is 13.5 Å². The van der Waals surface area contributed by atoms with E-state index in [-0.39, 0.29) is 10.9 Å². The molecule has 0 saturated carbocycles. The molecule has 164 valence electrons. The summed E-state index contributed by atoms with van der Waals surface area (Å²) in [6.07, 6.45) is 1.69. The molecule has 1 fully saturated rings. The van der Waals surface area contributed by atoms with E-state index < -0.39 is 21.8 Å². The highest BCUT2D eigenvalue weighted by atomic mass is 79.9. The Balaban J connectivity index is 1.72. The molecule has 32 heavy (non-hydrogen) atoms. The number of thiocarbonyl (C=S) groups is 1. The van der Waals surface area contributed by atoms with Gasteiger partial charge in [-0.25, -0.2) is 4.68 Å². The van der Waals surface area contributed by atoms with Crippen molar-refractivity contribution in [2.75, 3.05) is 12.3 Å².